The van der Waals surface area contributed by atoms with Crippen LogP contribution in [0.15, 0.2) is 41.5 Å². The Morgan fingerprint density at radius 2 is 1.83 bits per heavy atom. The minimum absolute atomic E-state index is 0.0223. The van der Waals surface area contributed by atoms with Crippen LogP contribution < -0.4 is 11.4 Å². The Kier molecular flexibility index (Phi) is 3.99. The maximum absolute atomic E-state index is 11.8. The van der Waals surface area contributed by atoms with Crippen LogP contribution in [0.25, 0.3) is 5.69 Å². The van der Waals surface area contributed by atoms with Gasteiger partial charge in [-0.15, -0.1) is 0 Å². The van der Waals surface area contributed by atoms with Gasteiger partial charge >= 0.3 is 5.69 Å². The van der Waals surface area contributed by atoms with E-state index in [0.29, 0.717) is 0 Å². The zero-order valence-electron chi connectivity index (χ0n) is 10.7. The van der Waals surface area contributed by atoms with Gasteiger partial charge < -0.3 is 10.3 Å². The number of unbranched alkanes of at least 4 members (excludes halogenated alkanes) is 1. The van der Waals surface area contributed by atoms with Crippen molar-refractivity contribution in [3.05, 3.63) is 52.7 Å². The molecule has 0 saturated heterocycles. The molecule has 0 radical (unpaired) electrons. The van der Waals surface area contributed by atoms with Crippen LogP contribution in [0.5, 0.6) is 0 Å². The molecule has 4 nitrogen and oxygen atoms in total. The molecule has 2 N–H and O–H groups in total. The summed E-state index contributed by atoms with van der Waals surface area (Å²) in [4.78, 5) is 11.8. The Hall–Kier alpha value is -1.81. The van der Waals surface area contributed by atoms with E-state index >= 15 is 0 Å². The topological polar surface area (TPSA) is 52.9 Å². The van der Waals surface area contributed by atoms with Crippen molar-refractivity contribution in [2.75, 3.05) is 6.54 Å². The molecular formula is C14H19N3O. The number of aryl methyl sites for hydroxylation is 2. The van der Waals surface area contributed by atoms with E-state index < -0.39 is 0 Å². The second-order valence-corrected chi connectivity index (χ2v) is 4.47. The third-order valence-electron chi connectivity index (χ3n) is 3.08. The minimum atomic E-state index is -0.0223. The van der Waals surface area contributed by atoms with Crippen molar-refractivity contribution in [3.63, 3.8) is 0 Å². The maximum Gasteiger partial charge on any atom is 0.332 e. The molecule has 0 bridgehead atoms. The molecule has 0 saturated carbocycles. The highest BCUT2D eigenvalue weighted by molar-refractivity contribution is 5.34. The summed E-state index contributed by atoms with van der Waals surface area (Å²) in [5, 5.41) is 0. The molecule has 4 heteroatoms. The highest BCUT2D eigenvalue weighted by Crippen LogP contribution is 2.10. The van der Waals surface area contributed by atoms with Crippen molar-refractivity contribution in [1.82, 2.24) is 9.13 Å². The summed E-state index contributed by atoms with van der Waals surface area (Å²) in [5.41, 5.74) is 7.64. The number of benzene rings is 1. The maximum atomic E-state index is 11.8. The Bertz CT molecular complexity index is 551. The number of nitrogens with two attached hydrogens (primary N) is 1. The lowest BCUT2D eigenvalue weighted by molar-refractivity contribution is 0.744. The molecule has 0 aliphatic heterocycles. The normalized spacial score (nSPS) is 10.8. The smallest absolute Gasteiger partial charge is 0.330 e. The fourth-order valence-electron chi connectivity index (χ4n) is 1.96. The molecule has 0 atom stereocenters. The van der Waals surface area contributed by atoms with Crippen LogP contribution in [0.1, 0.15) is 18.4 Å². The summed E-state index contributed by atoms with van der Waals surface area (Å²) in [6.07, 6.45) is 6.76. The third-order valence-corrected chi connectivity index (χ3v) is 3.08. The second-order valence-electron chi connectivity index (χ2n) is 4.47. The summed E-state index contributed by atoms with van der Waals surface area (Å²) in [6.45, 7) is 0.748. The Morgan fingerprint density at radius 3 is 2.39 bits per heavy atom. The molecule has 0 aliphatic carbocycles. The summed E-state index contributed by atoms with van der Waals surface area (Å²) >= 11 is 0. The number of nitrogens with zero attached hydrogens (tertiary/aromatic N) is 2. The first kappa shape index (κ1) is 12.6. The van der Waals surface area contributed by atoms with Crippen LogP contribution in [0.4, 0.5) is 0 Å². The summed E-state index contributed by atoms with van der Waals surface area (Å²) < 4.78 is 3.21. The van der Waals surface area contributed by atoms with E-state index in [-0.39, 0.29) is 5.69 Å². The molecule has 18 heavy (non-hydrogen) atoms. The van der Waals surface area contributed by atoms with Crippen LogP contribution in [0.2, 0.25) is 0 Å². The lowest BCUT2D eigenvalue weighted by Gasteiger charge is -2.04. The van der Waals surface area contributed by atoms with Gasteiger partial charge in [-0.3, -0.25) is 4.57 Å². The average Bonchev–Trinajstić information content (AvgIpc) is 2.72. The quantitative estimate of drug-likeness (QED) is 0.811. The lowest BCUT2D eigenvalue weighted by atomic mass is 10.1. The van der Waals surface area contributed by atoms with E-state index in [2.05, 4.69) is 12.1 Å². The van der Waals surface area contributed by atoms with Crippen molar-refractivity contribution in [3.8, 4) is 5.69 Å². The Balaban J connectivity index is 2.12. The molecule has 0 unspecified atom stereocenters. The minimum Gasteiger partial charge on any atom is -0.330 e. The summed E-state index contributed by atoms with van der Waals surface area (Å²) in [6, 6.07) is 8.12. The molecule has 2 aromatic rings. The first-order valence-corrected chi connectivity index (χ1v) is 6.26. The van der Waals surface area contributed by atoms with Crippen LogP contribution >= 0.6 is 0 Å². The fraction of sp³-hybridized carbons (Fsp3) is 0.357. The molecule has 1 aromatic carbocycles. The molecule has 96 valence electrons. The van der Waals surface area contributed by atoms with Gasteiger partial charge in [-0.2, -0.15) is 0 Å². The van der Waals surface area contributed by atoms with Crippen molar-refractivity contribution in [2.45, 2.75) is 19.3 Å². The van der Waals surface area contributed by atoms with Crippen LogP contribution in [-0.2, 0) is 13.5 Å². The number of hydrogen-bond donors (Lipinski definition) is 1. The predicted octanol–water partition coefficient (Wildman–Crippen LogP) is 1.46. The first-order valence-electron chi connectivity index (χ1n) is 6.26. The van der Waals surface area contributed by atoms with E-state index in [1.165, 1.54) is 5.56 Å². The van der Waals surface area contributed by atoms with Gasteiger partial charge in [0.1, 0.15) is 0 Å². The van der Waals surface area contributed by atoms with Crippen LogP contribution in [0, 0.1) is 0 Å². The van der Waals surface area contributed by atoms with Gasteiger partial charge in [0, 0.05) is 19.4 Å². The van der Waals surface area contributed by atoms with Crippen LogP contribution in [-0.4, -0.2) is 15.7 Å². The van der Waals surface area contributed by atoms with Gasteiger partial charge in [0.2, 0.25) is 0 Å². The van der Waals surface area contributed by atoms with E-state index in [4.69, 9.17) is 5.73 Å². The fourth-order valence-corrected chi connectivity index (χ4v) is 1.96. The number of rotatable bonds is 5. The molecule has 0 spiro atoms. The van der Waals surface area contributed by atoms with E-state index in [9.17, 15) is 4.79 Å². The van der Waals surface area contributed by atoms with E-state index in [1.807, 2.05) is 12.1 Å². The Morgan fingerprint density at radius 1 is 1.11 bits per heavy atom. The molecular weight excluding hydrogens is 226 g/mol. The number of imidazole rings is 1. The van der Waals surface area contributed by atoms with Crippen molar-refractivity contribution in [1.29, 1.82) is 0 Å². The highest BCUT2D eigenvalue weighted by Gasteiger charge is 2.02. The number of hydrogen-bond acceptors (Lipinski definition) is 2. The molecule has 0 aliphatic rings. The highest BCUT2D eigenvalue weighted by atomic mass is 16.1. The SMILES string of the molecule is Cn1ccn(-c2ccc(CCCCN)cc2)c1=O. The zero-order valence-corrected chi connectivity index (χ0v) is 10.7. The molecule has 0 amide bonds. The second kappa shape index (κ2) is 5.69. The molecule has 1 aromatic heterocycles. The first-order chi connectivity index (χ1) is 8.72. The lowest BCUT2D eigenvalue weighted by Crippen LogP contribution is -2.20. The summed E-state index contributed by atoms with van der Waals surface area (Å²) in [7, 11) is 1.75. The average molecular weight is 245 g/mol. The van der Waals surface area contributed by atoms with E-state index in [1.54, 1.807) is 28.6 Å². The van der Waals surface area contributed by atoms with E-state index in [0.717, 1.165) is 31.5 Å². The van der Waals surface area contributed by atoms with Gasteiger partial charge in [-0.1, -0.05) is 12.1 Å². The molecule has 0 fully saturated rings. The van der Waals surface area contributed by atoms with Gasteiger partial charge in [0.25, 0.3) is 0 Å². The zero-order chi connectivity index (χ0) is 13.0. The monoisotopic (exact) mass is 245 g/mol. The van der Waals surface area contributed by atoms with Gasteiger partial charge in [0.05, 0.1) is 5.69 Å². The van der Waals surface area contributed by atoms with Crippen molar-refractivity contribution >= 4 is 0 Å². The van der Waals surface area contributed by atoms with Crippen molar-refractivity contribution in [2.24, 2.45) is 12.8 Å². The van der Waals surface area contributed by atoms with Gasteiger partial charge in [-0.25, -0.2) is 4.79 Å². The number of aromatic nitrogens is 2. The standard InChI is InChI=1S/C14H19N3O/c1-16-10-11-17(14(16)18)13-7-5-12(6-8-13)4-2-3-9-15/h5-8,10-11H,2-4,9,15H2,1H3. The van der Waals surface area contributed by atoms with Crippen molar-refractivity contribution < 1.29 is 0 Å². The predicted molar refractivity (Wildman–Crippen MR) is 73.0 cm³/mol. The molecule has 1 heterocycles. The van der Waals surface area contributed by atoms with Gasteiger partial charge in [0.15, 0.2) is 0 Å². The third kappa shape index (κ3) is 2.71. The van der Waals surface area contributed by atoms with Gasteiger partial charge in [-0.05, 0) is 43.5 Å². The Labute approximate surface area is 107 Å². The molecule has 2 rings (SSSR count). The van der Waals surface area contributed by atoms with Crippen LogP contribution in [0.3, 0.4) is 0 Å². The largest absolute Gasteiger partial charge is 0.332 e. The summed E-state index contributed by atoms with van der Waals surface area (Å²) in [5.74, 6) is 0.